The van der Waals surface area contributed by atoms with Crippen molar-refractivity contribution in [1.82, 2.24) is 10.3 Å². The van der Waals surface area contributed by atoms with Gasteiger partial charge in [-0.25, -0.2) is 4.98 Å². The Labute approximate surface area is 113 Å². The van der Waals surface area contributed by atoms with E-state index in [9.17, 15) is 4.79 Å². The van der Waals surface area contributed by atoms with Crippen LogP contribution in [0.3, 0.4) is 0 Å². The summed E-state index contributed by atoms with van der Waals surface area (Å²) >= 11 is 0. The monoisotopic (exact) mass is 263 g/mol. The largest absolute Gasteiger partial charge is 0.381 e. The molecule has 0 atom stereocenters. The maximum atomic E-state index is 12.2. The number of nitrogens with zero attached hydrogens (tertiary/aromatic N) is 1. The van der Waals surface area contributed by atoms with Crippen LogP contribution in [0.5, 0.6) is 0 Å². The molecule has 1 amide bonds. The number of aromatic nitrogens is 1. The van der Waals surface area contributed by atoms with Crippen molar-refractivity contribution in [2.75, 3.05) is 25.1 Å². The first kappa shape index (κ1) is 13.8. The van der Waals surface area contributed by atoms with Gasteiger partial charge < -0.3 is 15.4 Å². The number of hydrogen-bond donors (Lipinski definition) is 2. The average molecular weight is 263 g/mol. The predicted octanol–water partition coefficient (Wildman–Crippen LogP) is 1.81. The van der Waals surface area contributed by atoms with Crippen LogP contribution in [0, 0.1) is 0 Å². The number of ether oxygens (including phenoxy) is 1. The molecule has 2 heterocycles. The minimum absolute atomic E-state index is 0.121. The lowest BCUT2D eigenvalue weighted by molar-refractivity contribution is 0.0421. The van der Waals surface area contributed by atoms with E-state index in [1.54, 1.807) is 6.07 Å². The van der Waals surface area contributed by atoms with Gasteiger partial charge in [-0.15, -0.1) is 0 Å². The number of pyridine rings is 1. The van der Waals surface area contributed by atoms with E-state index in [1.807, 2.05) is 19.1 Å². The third kappa shape index (κ3) is 3.67. The normalized spacial score (nSPS) is 17.8. The van der Waals surface area contributed by atoms with Crippen LogP contribution in [0.1, 0.15) is 37.2 Å². The molecule has 1 aliphatic rings. The molecule has 1 fully saturated rings. The topological polar surface area (TPSA) is 63.2 Å². The average Bonchev–Trinajstić information content (AvgIpc) is 2.40. The summed E-state index contributed by atoms with van der Waals surface area (Å²) in [7, 11) is 0. The van der Waals surface area contributed by atoms with Gasteiger partial charge in [0.15, 0.2) is 0 Å². The lowest BCUT2D eigenvalue weighted by Crippen LogP contribution is -2.49. The van der Waals surface area contributed by atoms with Crippen LogP contribution < -0.4 is 10.6 Å². The van der Waals surface area contributed by atoms with Crippen molar-refractivity contribution in [3.63, 3.8) is 0 Å². The number of rotatable bonds is 4. The zero-order chi connectivity index (χ0) is 13.7. The van der Waals surface area contributed by atoms with E-state index >= 15 is 0 Å². The summed E-state index contributed by atoms with van der Waals surface area (Å²) in [5, 5.41) is 6.18. The minimum Gasteiger partial charge on any atom is -0.381 e. The molecule has 0 spiro atoms. The zero-order valence-corrected chi connectivity index (χ0v) is 11.5. The summed E-state index contributed by atoms with van der Waals surface area (Å²) in [6, 6.07) is 5.43. The first-order valence-electron chi connectivity index (χ1n) is 6.74. The molecule has 19 heavy (non-hydrogen) atoms. The van der Waals surface area contributed by atoms with E-state index in [1.165, 1.54) is 0 Å². The van der Waals surface area contributed by atoms with Crippen molar-refractivity contribution < 1.29 is 9.53 Å². The van der Waals surface area contributed by atoms with Gasteiger partial charge >= 0.3 is 0 Å². The third-order valence-electron chi connectivity index (χ3n) is 3.35. The van der Waals surface area contributed by atoms with Crippen molar-refractivity contribution in [2.24, 2.45) is 0 Å². The Morgan fingerprint density at radius 2 is 2.16 bits per heavy atom. The quantitative estimate of drug-likeness (QED) is 0.869. The molecule has 0 aliphatic carbocycles. The number of carbonyl (C=O) groups excluding carboxylic acids is 1. The van der Waals surface area contributed by atoms with Gasteiger partial charge in [0, 0.05) is 25.3 Å². The zero-order valence-electron chi connectivity index (χ0n) is 11.5. The Hall–Kier alpha value is -1.62. The second-order valence-corrected chi connectivity index (χ2v) is 5.07. The van der Waals surface area contributed by atoms with Crippen molar-refractivity contribution >= 4 is 11.7 Å². The number of amides is 1. The van der Waals surface area contributed by atoms with Gasteiger partial charge in [-0.2, -0.15) is 0 Å². The SMILES string of the molecule is CCNc1cccc(C(=O)NC2(C)CCOCC2)n1. The molecule has 1 aromatic rings. The summed E-state index contributed by atoms with van der Waals surface area (Å²) in [6.07, 6.45) is 1.68. The summed E-state index contributed by atoms with van der Waals surface area (Å²) < 4.78 is 5.33. The van der Waals surface area contributed by atoms with E-state index in [0.717, 1.165) is 25.2 Å². The molecule has 1 aromatic heterocycles. The first-order valence-corrected chi connectivity index (χ1v) is 6.74. The van der Waals surface area contributed by atoms with Crippen LogP contribution in [-0.4, -0.2) is 36.2 Å². The van der Waals surface area contributed by atoms with Gasteiger partial charge in [-0.1, -0.05) is 6.07 Å². The predicted molar refractivity (Wildman–Crippen MR) is 74.3 cm³/mol. The van der Waals surface area contributed by atoms with Gasteiger partial charge in [0.25, 0.3) is 5.91 Å². The molecule has 5 heteroatoms. The van der Waals surface area contributed by atoms with E-state index in [2.05, 4.69) is 22.5 Å². The summed E-state index contributed by atoms with van der Waals surface area (Å²) in [4.78, 5) is 16.5. The maximum Gasteiger partial charge on any atom is 0.270 e. The highest BCUT2D eigenvalue weighted by atomic mass is 16.5. The highest BCUT2D eigenvalue weighted by Gasteiger charge is 2.29. The molecule has 104 valence electrons. The summed E-state index contributed by atoms with van der Waals surface area (Å²) in [6.45, 7) is 6.23. The molecule has 1 aliphatic heterocycles. The van der Waals surface area contributed by atoms with E-state index < -0.39 is 0 Å². The standard InChI is InChI=1S/C14H21N3O2/c1-3-15-12-6-4-5-11(16-12)13(18)17-14(2)7-9-19-10-8-14/h4-6H,3,7-10H2,1-2H3,(H,15,16)(H,17,18). The fourth-order valence-electron chi connectivity index (χ4n) is 2.13. The van der Waals surface area contributed by atoms with Crippen LogP contribution in [-0.2, 0) is 4.74 Å². The van der Waals surface area contributed by atoms with Crippen LogP contribution in [0.15, 0.2) is 18.2 Å². The van der Waals surface area contributed by atoms with Gasteiger partial charge in [0.1, 0.15) is 11.5 Å². The minimum atomic E-state index is -0.189. The maximum absolute atomic E-state index is 12.2. The number of anilines is 1. The number of hydrogen-bond acceptors (Lipinski definition) is 4. The Kier molecular flexibility index (Phi) is 4.37. The van der Waals surface area contributed by atoms with Crippen LogP contribution in [0.25, 0.3) is 0 Å². The Morgan fingerprint density at radius 3 is 2.84 bits per heavy atom. The van der Waals surface area contributed by atoms with Crippen LogP contribution in [0.4, 0.5) is 5.82 Å². The second-order valence-electron chi connectivity index (χ2n) is 5.07. The molecule has 0 aromatic carbocycles. The summed E-state index contributed by atoms with van der Waals surface area (Å²) in [5.74, 6) is 0.608. The highest BCUT2D eigenvalue weighted by Crippen LogP contribution is 2.20. The molecule has 0 unspecified atom stereocenters. The number of nitrogens with one attached hydrogen (secondary N) is 2. The Balaban J connectivity index is 2.04. The lowest BCUT2D eigenvalue weighted by atomic mass is 9.92. The Morgan fingerprint density at radius 1 is 1.42 bits per heavy atom. The van der Waals surface area contributed by atoms with Crippen LogP contribution >= 0.6 is 0 Å². The Bertz CT molecular complexity index is 442. The smallest absolute Gasteiger partial charge is 0.270 e. The molecule has 1 saturated heterocycles. The number of carbonyl (C=O) groups is 1. The molecular weight excluding hydrogens is 242 g/mol. The molecule has 0 bridgehead atoms. The van der Waals surface area contributed by atoms with Crippen molar-refractivity contribution in [2.45, 2.75) is 32.2 Å². The molecule has 0 saturated carbocycles. The highest BCUT2D eigenvalue weighted by molar-refractivity contribution is 5.93. The third-order valence-corrected chi connectivity index (χ3v) is 3.35. The van der Waals surface area contributed by atoms with Crippen molar-refractivity contribution in [1.29, 1.82) is 0 Å². The van der Waals surface area contributed by atoms with E-state index in [4.69, 9.17) is 4.74 Å². The first-order chi connectivity index (χ1) is 9.13. The molecular formula is C14H21N3O2. The van der Waals surface area contributed by atoms with E-state index in [0.29, 0.717) is 18.9 Å². The summed E-state index contributed by atoms with van der Waals surface area (Å²) in [5.41, 5.74) is 0.261. The second kappa shape index (κ2) is 6.02. The molecule has 5 nitrogen and oxygen atoms in total. The fraction of sp³-hybridized carbons (Fsp3) is 0.571. The van der Waals surface area contributed by atoms with Crippen molar-refractivity contribution in [3.8, 4) is 0 Å². The van der Waals surface area contributed by atoms with Gasteiger partial charge in [-0.05, 0) is 38.8 Å². The van der Waals surface area contributed by atoms with Crippen molar-refractivity contribution in [3.05, 3.63) is 23.9 Å². The van der Waals surface area contributed by atoms with Gasteiger partial charge in [-0.3, -0.25) is 4.79 Å². The van der Waals surface area contributed by atoms with Crippen LogP contribution in [0.2, 0.25) is 0 Å². The fourth-order valence-corrected chi connectivity index (χ4v) is 2.13. The van der Waals surface area contributed by atoms with Gasteiger partial charge in [0.05, 0.1) is 0 Å². The van der Waals surface area contributed by atoms with E-state index in [-0.39, 0.29) is 11.4 Å². The molecule has 2 N–H and O–H groups in total. The van der Waals surface area contributed by atoms with Gasteiger partial charge in [0.2, 0.25) is 0 Å². The molecule has 2 rings (SSSR count). The lowest BCUT2D eigenvalue weighted by Gasteiger charge is -2.34. The molecule has 0 radical (unpaired) electrons.